The summed E-state index contributed by atoms with van der Waals surface area (Å²) >= 11 is 4.30. The average molecular weight is 816 g/mol. The number of non-ortho nitro benzene ring substituents is 1. The van der Waals surface area contributed by atoms with Gasteiger partial charge in [0.1, 0.15) is 30.5 Å². The fourth-order valence-corrected chi connectivity index (χ4v) is 6.55. The summed E-state index contributed by atoms with van der Waals surface area (Å²) in [6.45, 7) is 4.49. The highest BCUT2D eigenvalue weighted by molar-refractivity contribution is 14.1. The Balaban J connectivity index is 1.13. The van der Waals surface area contributed by atoms with Gasteiger partial charge >= 0.3 is 5.91 Å². The van der Waals surface area contributed by atoms with Crippen molar-refractivity contribution in [1.82, 2.24) is 9.99 Å². The third-order valence-electron chi connectivity index (χ3n) is 6.54. The van der Waals surface area contributed by atoms with Crippen LogP contribution < -0.4 is 14.9 Å². The maximum absolute atomic E-state index is 12.6. The van der Waals surface area contributed by atoms with Crippen LogP contribution >= 0.6 is 45.2 Å². The van der Waals surface area contributed by atoms with Crippen molar-refractivity contribution in [1.29, 1.82) is 0 Å². The van der Waals surface area contributed by atoms with Crippen LogP contribution in [0.4, 0.5) is 5.69 Å². The molecule has 0 fully saturated rings. The van der Waals surface area contributed by atoms with E-state index in [0.29, 0.717) is 22.8 Å². The molecule has 0 aliphatic heterocycles. The number of hydrogen-bond donors (Lipinski definition) is 1. The Morgan fingerprint density at radius 2 is 1.66 bits per heavy atom. The van der Waals surface area contributed by atoms with Crippen LogP contribution in [0, 0.1) is 31.1 Å². The highest BCUT2D eigenvalue weighted by Crippen LogP contribution is 2.30. The molecule has 0 spiro atoms. The zero-order valence-corrected chi connectivity index (χ0v) is 27.9. The highest BCUT2D eigenvalue weighted by atomic mass is 127. The van der Waals surface area contributed by atoms with Gasteiger partial charge in [-0.05, 0) is 131 Å². The topological polar surface area (TPSA) is 121 Å². The Morgan fingerprint density at radius 3 is 2.34 bits per heavy atom. The predicted octanol–water partition coefficient (Wildman–Crippen LogP) is 7.73. The van der Waals surface area contributed by atoms with E-state index in [1.165, 1.54) is 18.3 Å². The molecular formula is C32H26I2N4O6. The molecule has 44 heavy (non-hydrogen) atoms. The van der Waals surface area contributed by atoms with E-state index in [2.05, 4.69) is 86.3 Å². The van der Waals surface area contributed by atoms with Crippen molar-refractivity contribution < 1.29 is 23.6 Å². The van der Waals surface area contributed by atoms with Crippen LogP contribution in [0.2, 0.25) is 0 Å². The van der Waals surface area contributed by atoms with E-state index < -0.39 is 10.8 Å². The van der Waals surface area contributed by atoms with Crippen LogP contribution in [-0.2, 0) is 13.2 Å². The number of hydrazone groups is 1. The molecule has 10 nitrogen and oxygen atoms in total. The van der Waals surface area contributed by atoms with Crippen LogP contribution in [-0.4, -0.2) is 21.6 Å². The Morgan fingerprint density at radius 1 is 0.955 bits per heavy atom. The van der Waals surface area contributed by atoms with E-state index in [4.69, 9.17) is 13.9 Å². The van der Waals surface area contributed by atoms with Gasteiger partial charge in [0.15, 0.2) is 5.76 Å². The highest BCUT2D eigenvalue weighted by Gasteiger charge is 2.13. The zero-order valence-electron chi connectivity index (χ0n) is 23.6. The van der Waals surface area contributed by atoms with Crippen molar-refractivity contribution >= 4 is 63.0 Å². The van der Waals surface area contributed by atoms with Gasteiger partial charge in [-0.3, -0.25) is 14.9 Å². The summed E-state index contributed by atoms with van der Waals surface area (Å²) in [6.07, 6.45) is 1.53. The molecule has 2 aromatic heterocycles. The van der Waals surface area contributed by atoms with Gasteiger partial charge in [0.25, 0.3) is 5.69 Å². The molecule has 0 atom stereocenters. The number of nitro groups is 1. The minimum absolute atomic E-state index is 0.0168. The van der Waals surface area contributed by atoms with E-state index >= 15 is 0 Å². The van der Waals surface area contributed by atoms with Gasteiger partial charge in [-0.1, -0.05) is 12.1 Å². The molecular weight excluding hydrogens is 790 g/mol. The Kier molecular flexibility index (Phi) is 9.99. The Hall–Kier alpha value is -4.18. The van der Waals surface area contributed by atoms with Gasteiger partial charge < -0.3 is 18.5 Å². The van der Waals surface area contributed by atoms with Crippen LogP contribution in [0.1, 0.15) is 38.8 Å². The van der Waals surface area contributed by atoms with Gasteiger partial charge in [0.2, 0.25) is 0 Å². The lowest BCUT2D eigenvalue weighted by molar-refractivity contribution is -0.384. The lowest BCUT2D eigenvalue weighted by Crippen LogP contribution is -2.16. The third kappa shape index (κ3) is 7.66. The maximum atomic E-state index is 12.6. The lowest BCUT2D eigenvalue weighted by Gasteiger charge is -2.11. The van der Waals surface area contributed by atoms with Gasteiger partial charge in [-0.25, -0.2) is 5.43 Å². The number of carbonyl (C=O) groups is 1. The SMILES string of the molecule is Cc1ccc(C)n1-c1ccc(OCc2ccc(C(=O)N/N=C/c3cc(I)c(OCc4cccc([N+](=O)[O-])c4)c(I)c3)o2)cc1. The van der Waals surface area contributed by atoms with E-state index in [1.807, 2.05) is 36.4 Å². The fraction of sp³-hybridized carbons (Fsp3) is 0.125. The van der Waals surface area contributed by atoms with Gasteiger partial charge in [0.05, 0.1) is 18.3 Å². The van der Waals surface area contributed by atoms with Gasteiger partial charge in [0, 0.05) is 29.2 Å². The first-order valence-electron chi connectivity index (χ1n) is 13.3. The second-order valence-electron chi connectivity index (χ2n) is 9.73. The van der Waals surface area contributed by atoms with E-state index in [9.17, 15) is 14.9 Å². The molecule has 0 radical (unpaired) electrons. The van der Waals surface area contributed by atoms with Gasteiger partial charge in [-0.2, -0.15) is 5.10 Å². The summed E-state index contributed by atoms with van der Waals surface area (Å²) in [5, 5.41) is 15.1. The Labute approximate surface area is 280 Å². The summed E-state index contributed by atoms with van der Waals surface area (Å²) in [5.74, 6) is 1.48. The molecule has 0 aliphatic rings. The largest absolute Gasteiger partial charge is 0.487 e. The number of nitro benzene ring substituents is 1. The molecule has 0 saturated carbocycles. The number of hydrogen-bond acceptors (Lipinski definition) is 7. The molecule has 224 valence electrons. The van der Waals surface area contributed by atoms with Crippen molar-refractivity contribution in [2.75, 3.05) is 0 Å². The van der Waals surface area contributed by atoms with Crippen LogP contribution in [0.3, 0.4) is 0 Å². The number of aromatic nitrogens is 1. The third-order valence-corrected chi connectivity index (χ3v) is 8.14. The van der Waals surface area contributed by atoms with Gasteiger partial charge in [-0.15, -0.1) is 0 Å². The number of nitrogens with one attached hydrogen (secondary N) is 1. The molecule has 5 aromatic rings. The lowest BCUT2D eigenvalue weighted by atomic mass is 10.2. The number of rotatable bonds is 11. The number of ether oxygens (including phenoxy) is 2. The number of halogens is 2. The minimum Gasteiger partial charge on any atom is -0.487 e. The van der Waals surface area contributed by atoms with Crippen molar-refractivity contribution in [2.45, 2.75) is 27.1 Å². The monoisotopic (exact) mass is 816 g/mol. The second kappa shape index (κ2) is 14.1. The molecule has 3 aromatic carbocycles. The number of aryl methyl sites for hydroxylation is 2. The number of carbonyl (C=O) groups excluding carboxylic acids is 1. The van der Waals surface area contributed by atoms with E-state index in [-0.39, 0.29) is 24.7 Å². The van der Waals surface area contributed by atoms with Crippen LogP contribution in [0.15, 0.2) is 94.4 Å². The number of benzene rings is 3. The first-order chi connectivity index (χ1) is 21.2. The first-order valence-corrected chi connectivity index (χ1v) is 15.5. The quantitative estimate of drug-likeness (QED) is 0.0631. The standard InChI is InChI=1S/C32H26I2N4O6/c1-20-6-7-21(2)37(20)24-8-10-26(11-9-24)42-19-27-12-13-30(44-27)32(39)36-35-17-23-15-28(33)31(29(34)16-23)43-18-22-4-3-5-25(14-22)38(40)41/h3-17H,18-19H2,1-2H3,(H,36,39)/b35-17+. The molecule has 0 unspecified atom stereocenters. The predicted molar refractivity (Wildman–Crippen MR) is 183 cm³/mol. The summed E-state index contributed by atoms with van der Waals surface area (Å²) in [6, 6.07) is 25.3. The zero-order chi connectivity index (χ0) is 31.2. The number of furan rings is 1. The van der Waals surface area contributed by atoms with Crippen molar-refractivity contribution in [3.05, 3.63) is 136 Å². The molecule has 0 saturated heterocycles. The Bertz CT molecular complexity index is 1800. The molecule has 0 bridgehead atoms. The first kappa shape index (κ1) is 31.3. The second-order valence-corrected chi connectivity index (χ2v) is 12.1. The van der Waals surface area contributed by atoms with E-state index in [1.54, 1.807) is 24.3 Å². The van der Waals surface area contributed by atoms with Crippen molar-refractivity contribution in [2.24, 2.45) is 5.10 Å². The maximum Gasteiger partial charge on any atom is 0.307 e. The van der Waals surface area contributed by atoms with Crippen LogP contribution in [0.25, 0.3) is 5.69 Å². The normalized spacial score (nSPS) is 11.1. The summed E-state index contributed by atoms with van der Waals surface area (Å²) in [4.78, 5) is 23.2. The number of nitrogens with zero attached hydrogens (tertiary/aromatic N) is 3. The fourth-order valence-electron chi connectivity index (χ4n) is 4.43. The molecule has 2 heterocycles. The molecule has 1 N–H and O–H groups in total. The van der Waals surface area contributed by atoms with Crippen molar-refractivity contribution in [3.8, 4) is 17.2 Å². The summed E-state index contributed by atoms with van der Waals surface area (Å²) < 4.78 is 21.3. The summed E-state index contributed by atoms with van der Waals surface area (Å²) in [5.41, 5.74) is 7.32. The molecule has 0 aliphatic carbocycles. The molecule has 1 amide bonds. The molecule has 12 heteroatoms. The van der Waals surface area contributed by atoms with E-state index in [0.717, 1.165) is 29.8 Å². The smallest absolute Gasteiger partial charge is 0.307 e. The van der Waals surface area contributed by atoms with Crippen LogP contribution in [0.5, 0.6) is 11.5 Å². The van der Waals surface area contributed by atoms with Crippen molar-refractivity contribution in [3.63, 3.8) is 0 Å². The minimum atomic E-state index is -0.490. The summed E-state index contributed by atoms with van der Waals surface area (Å²) in [7, 11) is 0. The molecule has 5 rings (SSSR count). The number of amides is 1. The average Bonchev–Trinajstić information content (AvgIpc) is 3.62.